The summed E-state index contributed by atoms with van der Waals surface area (Å²) in [5.41, 5.74) is 0.280. The summed E-state index contributed by atoms with van der Waals surface area (Å²) < 4.78 is 14.4. The van der Waals surface area contributed by atoms with Crippen molar-refractivity contribution < 1.29 is 14.1 Å². The molecule has 0 N–H and O–H groups in total. The number of rotatable bonds is 5. The molecule has 0 aliphatic rings. The Morgan fingerprint density at radius 2 is 2.16 bits per heavy atom. The number of carbonyl (C=O) groups is 1. The van der Waals surface area contributed by atoms with E-state index in [2.05, 4.69) is 10.1 Å². The standard InChI is InChI=1S/C11H9FN4O3/c12-10-4-2-1-3-8(10)5-9(17)6-15-7-13-11(14-15)16(18)19/h1-4,7H,5-6H2. The summed E-state index contributed by atoms with van der Waals surface area (Å²) >= 11 is 0. The zero-order valence-electron chi connectivity index (χ0n) is 9.69. The maximum atomic E-state index is 13.3. The van der Waals surface area contributed by atoms with Crippen molar-refractivity contribution in [3.8, 4) is 0 Å². The number of ketones is 1. The quantitative estimate of drug-likeness (QED) is 0.596. The Bertz CT molecular complexity index is 626. The van der Waals surface area contributed by atoms with Crippen molar-refractivity contribution in [1.82, 2.24) is 14.8 Å². The van der Waals surface area contributed by atoms with E-state index in [1.165, 1.54) is 18.2 Å². The maximum absolute atomic E-state index is 13.3. The second-order valence-electron chi connectivity index (χ2n) is 3.81. The molecule has 0 radical (unpaired) electrons. The molecule has 2 rings (SSSR count). The van der Waals surface area contributed by atoms with Gasteiger partial charge in [0.05, 0.1) is 0 Å². The van der Waals surface area contributed by atoms with E-state index in [0.717, 1.165) is 11.0 Å². The summed E-state index contributed by atoms with van der Waals surface area (Å²) in [7, 11) is 0. The van der Waals surface area contributed by atoms with E-state index < -0.39 is 16.7 Å². The lowest BCUT2D eigenvalue weighted by Gasteiger charge is -2.01. The third kappa shape index (κ3) is 3.18. The molecule has 0 fully saturated rings. The highest BCUT2D eigenvalue weighted by molar-refractivity contribution is 5.80. The largest absolute Gasteiger partial charge is 0.490 e. The van der Waals surface area contributed by atoms with Crippen LogP contribution in [0.3, 0.4) is 0 Å². The molecule has 0 saturated heterocycles. The molecule has 19 heavy (non-hydrogen) atoms. The second kappa shape index (κ2) is 5.34. The van der Waals surface area contributed by atoms with Crippen molar-refractivity contribution in [1.29, 1.82) is 0 Å². The monoisotopic (exact) mass is 264 g/mol. The molecule has 98 valence electrons. The normalized spacial score (nSPS) is 10.4. The van der Waals surface area contributed by atoms with E-state index in [1.807, 2.05) is 0 Å². The minimum atomic E-state index is -0.752. The van der Waals surface area contributed by atoms with E-state index in [4.69, 9.17) is 0 Å². The lowest BCUT2D eigenvalue weighted by Crippen LogP contribution is -2.14. The fourth-order valence-electron chi connectivity index (χ4n) is 1.54. The molecular formula is C11H9FN4O3. The van der Waals surface area contributed by atoms with Gasteiger partial charge >= 0.3 is 5.95 Å². The first-order chi connectivity index (χ1) is 9.06. The zero-order chi connectivity index (χ0) is 13.8. The summed E-state index contributed by atoms with van der Waals surface area (Å²) in [6.07, 6.45) is 0.998. The van der Waals surface area contributed by atoms with Crippen molar-refractivity contribution in [3.05, 3.63) is 52.1 Å². The van der Waals surface area contributed by atoms with Crippen LogP contribution in [-0.4, -0.2) is 25.5 Å². The van der Waals surface area contributed by atoms with Gasteiger partial charge in [0.15, 0.2) is 5.78 Å². The highest BCUT2D eigenvalue weighted by Crippen LogP contribution is 2.08. The van der Waals surface area contributed by atoms with Crippen LogP contribution in [0.1, 0.15) is 5.56 Å². The number of nitrogens with zero attached hydrogens (tertiary/aromatic N) is 4. The molecule has 0 saturated carbocycles. The third-order valence-electron chi connectivity index (χ3n) is 2.37. The Hall–Kier alpha value is -2.64. The number of Topliss-reactive ketones (excluding diaryl/α,β-unsaturated/α-hetero) is 1. The van der Waals surface area contributed by atoms with E-state index in [-0.39, 0.29) is 24.3 Å². The van der Waals surface area contributed by atoms with Crippen LogP contribution in [0.5, 0.6) is 0 Å². The predicted molar refractivity (Wildman–Crippen MR) is 61.8 cm³/mol. The number of halogens is 1. The van der Waals surface area contributed by atoms with Crippen LogP contribution in [0.15, 0.2) is 30.6 Å². The predicted octanol–water partition coefficient (Wildman–Crippen LogP) is 1.14. The minimum Gasteiger partial charge on any atom is -0.390 e. The highest BCUT2D eigenvalue weighted by Gasteiger charge is 2.16. The molecule has 2 aromatic rings. The van der Waals surface area contributed by atoms with Gasteiger partial charge in [-0.3, -0.25) is 4.79 Å². The molecule has 1 aromatic carbocycles. The Morgan fingerprint density at radius 3 is 2.79 bits per heavy atom. The number of hydrogen-bond donors (Lipinski definition) is 0. The Balaban J connectivity index is 2.01. The van der Waals surface area contributed by atoms with Crippen molar-refractivity contribution in [2.45, 2.75) is 13.0 Å². The van der Waals surface area contributed by atoms with Gasteiger partial charge < -0.3 is 10.1 Å². The molecule has 1 heterocycles. The minimum absolute atomic E-state index is 0.0969. The van der Waals surface area contributed by atoms with Gasteiger partial charge in [0.2, 0.25) is 6.33 Å². The SMILES string of the molecule is O=C(Cc1ccccc1F)Cn1cnc([N+](=O)[O-])n1. The van der Waals surface area contributed by atoms with E-state index >= 15 is 0 Å². The molecule has 0 bridgehead atoms. The van der Waals surface area contributed by atoms with E-state index in [9.17, 15) is 19.3 Å². The Labute approximate surface area is 106 Å². The fourth-order valence-corrected chi connectivity index (χ4v) is 1.54. The molecule has 1 aromatic heterocycles. The van der Waals surface area contributed by atoms with Crippen molar-refractivity contribution in [3.63, 3.8) is 0 Å². The van der Waals surface area contributed by atoms with Crippen LogP contribution in [0.25, 0.3) is 0 Å². The average Bonchev–Trinajstić information content (AvgIpc) is 2.80. The number of carbonyl (C=O) groups excluding carboxylic acids is 1. The van der Waals surface area contributed by atoms with Crippen molar-refractivity contribution in [2.75, 3.05) is 0 Å². The van der Waals surface area contributed by atoms with Gasteiger partial charge in [-0.25, -0.2) is 4.39 Å². The molecular weight excluding hydrogens is 255 g/mol. The molecule has 0 spiro atoms. The molecule has 7 nitrogen and oxygen atoms in total. The molecule has 8 heteroatoms. The first-order valence-corrected chi connectivity index (χ1v) is 5.35. The fraction of sp³-hybridized carbons (Fsp3) is 0.182. The molecule has 0 amide bonds. The molecule has 0 aliphatic carbocycles. The number of aromatic nitrogens is 3. The highest BCUT2D eigenvalue weighted by atomic mass is 19.1. The van der Waals surface area contributed by atoms with Crippen LogP contribution >= 0.6 is 0 Å². The first kappa shape index (κ1) is 12.8. The van der Waals surface area contributed by atoms with Crippen LogP contribution in [0, 0.1) is 15.9 Å². The first-order valence-electron chi connectivity index (χ1n) is 5.35. The van der Waals surface area contributed by atoms with E-state index in [1.54, 1.807) is 6.07 Å². The molecule has 0 unspecified atom stereocenters. The number of nitro groups is 1. The lowest BCUT2D eigenvalue weighted by atomic mass is 10.1. The second-order valence-corrected chi connectivity index (χ2v) is 3.81. The maximum Gasteiger partial charge on any atom is 0.490 e. The molecule has 0 atom stereocenters. The third-order valence-corrected chi connectivity index (χ3v) is 2.37. The summed E-state index contributed by atoms with van der Waals surface area (Å²) in [5, 5.41) is 13.9. The van der Waals surface area contributed by atoms with Gasteiger partial charge in [0.25, 0.3) is 0 Å². The van der Waals surface area contributed by atoms with E-state index in [0.29, 0.717) is 0 Å². The topological polar surface area (TPSA) is 90.9 Å². The number of benzene rings is 1. The van der Waals surface area contributed by atoms with Crippen LogP contribution in [0.4, 0.5) is 10.3 Å². The van der Waals surface area contributed by atoms with Gasteiger partial charge in [-0.15, -0.1) is 0 Å². The lowest BCUT2D eigenvalue weighted by molar-refractivity contribution is -0.394. The van der Waals surface area contributed by atoms with Crippen LogP contribution in [-0.2, 0) is 17.8 Å². The smallest absolute Gasteiger partial charge is 0.390 e. The van der Waals surface area contributed by atoms with Crippen LogP contribution < -0.4 is 0 Å². The summed E-state index contributed by atoms with van der Waals surface area (Å²) in [5.74, 6) is -1.34. The van der Waals surface area contributed by atoms with Crippen LogP contribution in [0.2, 0.25) is 0 Å². The molecule has 0 aliphatic heterocycles. The van der Waals surface area contributed by atoms with Crippen molar-refractivity contribution >= 4 is 11.7 Å². The number of hydrogen-bond acceptors (Lipinski definition) is 5. The van der Waals surface area contributed by atoms with Gasteiger partial charge in [-0.2, -0.15) is 4.68 Å². The van der Waals surface area contributed by atoms with Gasteiger partial charge in [-0.1, -0.05) is 23.2 Å². The Morgan fingerprint density at radius 1 is 1.42 bits per heavy atom. The summed E-state index contributed by atoms with van der Waals surface area (Å²) in [4.78, 5) is 24.7. The Kier molecular flexibility index (Phi) is 3.60. The zero-order valence-corrected chi connectivity index (χ0v) is 9.69. The summed E-state index contributed by atoms with van der Waals surface area (Å²) in [6, 6.07) is 5.94. The van der Waals surface area contributed by atoms with Gasteiger partial charge in [0, 0.05) is 11.5 Å². The van der Waals surface area contributed by atoms with Crippen molar-refractivity contribution in [2.24, 2.45) is 0 Å². The average molecular weight is 264 g/mol. The summed E-state index contributed by atoms with van der Waals surface area (Å²) in [6.45, 7) is -0.185. The van der Waals surface area contributed by atoms with Gasteiger partial charge in [-0.05, 0) is 16.6 Å². The van der Waals surface area contributed by atoms with Gasteiger partial charge in [0.1, 0.15) is 12.4 Å².